The molecule has 0 aromatic heterocycles. The maximum Gasteiger partial charge on any atom is 0.187 e. The summed E-state index contributed by atoms with van der Waals surface area (Å²) in [6, 6.07) is 0. The number of aliphatic hydroxyl groups is 1. The number of aliphatic hydroxyl groups excluding tert-OH is 1. The van der Waals surface area contributed by atoms with E-state index in [0.29, 0.717) is 0 Å². The van der Waals surface area contributed by atoms with Crippen molar-refractivity contribution in [2.24, 2.45) is 0 Å². The van der Waals surface area contributed by atoms with E-state index in [2.05, 4.69) is 6.92 Å². The van der Waals surface area contributed by atoms with Crippen LogP contribution in [-0.4, -0.2) is 35.5 Å². The molecule has 100 valence electrons. The SMILES string of the molecule is CCCCC[C@H](O)[C@H]1C[C@H]2OC(C)(C)O[C@H]2O1. The number of rotatable bonds is 5. The molecule has 0 spiro atoms. The van der Waals surface area contributed by atoms with Gasteiger partial charge in [0.15, 0.2) is 12.1 Å². The van der Waals surface area contributed by atoms with Crippen LogP contribution in [0.3, 0.4) is 0 Å². The van der Waals surface area contributed by atoms with E-state index < -0.39 is 5.79 Å². The molecule has 0 radical (unpaired) electrons. The van der Waals surface area contributed by atoms with E-state index in [1.54, 1.807) is 0 Å². The average Bonchev–Trinajstić information content (AvgIpc) is 2.71. The third kappa shape index (κ3) is 3.19. The van der Waals surface area contributed by atoms with Gasteiger partial charge in [0.05, 0.1) is 12.2 Å². The second kappa shape index (κ2) is 5.22. The van der Waals surface area contributed by atoms with Crippen molar-refractivity contribution >= 4 is 0 Å². The van der Waals surface area contributed by atoms with Crippen molar-refractivity contribution in [2.45, 2.75) is 83.3 Å². The number of hydrogen-bond donors (Lipinski definition) is 1. The van der Waals surface area contributed by atoms with Gasteiger partial charge in [0.25, 0.3) is 0 Å². The Morgan fingerprint density at radius 2 is 2.06 bits per heavy atom. The van der Waals surface area contributed by atoms with Crippen LogP contribution in [0.2, 0.25) is 0 Å². The van der Waals surface area contributed by atoms with Gasteiger partial charge in [0, 0.05) is 6.42 Å². The van der Waals surface area contributed by atoms with Crippen molar-refractivity contribution in [1.29, 1.82) is 0 Å². The molecule has 2 aliphatic rings. The lowest BCUT2D eigenvalue weighted by molar-refractivity contribution is -0.214. The fourth-order valence-corrected chi connectivity index (χ4v) is 2.57. The van der Waals surface area contributed by atoms with Crippen molar-refractivity contribution < 1.29 is 19.3 Å². The molecule has 4 atom stereocenters. The maximum absolute atomic E-state index is 10.0. The molecular weight excluding hydrogens is 220 g/mol. The highest BCUT2D eigenvalue weighted by Gasteiger charge is 2.49. The molecule has 0 aromatic carbocycles. The van der Waals surface area contributed by atoms with Crippen LogP contribution in [0.4, 0.5) is 0 Å². The monoisotopic (exact) mass is 244 g/mol. The van der Waals surface area contributed by atoms with Gasteiger partial charge in [-0.3, -0.25) is 0 Å². The summed E-state index contributed by atoms with van der Waals surface area (Å²) in [7, 11) is 0. The Kier molecular flexibility index (Phi) is 4.08. The van der Waals surface area contributed by atoms with Crippen molar-refractivity contribution in [3.63, 3.8) is 0 Å². The molecule has 2 fully saturated rings. The van der Waals surface area contributed by atoms with E-state index in [1.807, 2.05) is 13.8 Å². The molecule has 4 nitrogen and oxygen atoms in total. The smallest absolute Gasteiger partial charge is 0.187 e. The van der Waals surface area contributed by atoms with Crippen LogP contribution in [0.15, 0.2) is 0 Å². The number of fused-ring (bicyclic) bond motifs is 1. The molecule has 0 bridgehead atoms. The lowest BCUT2D eigenvalue weighted by atomic mass is 10.0. The van der Waals surface area contributed by atoms with Gasteiger partial charge in [-0.2, -0.15) is 0 Å². The van der Waals surface area contributed by atoms with E-state index in [0.717, 1.165) is 25.7 Å². The molecule has 17 heavy (non-hydrogen) atoms. The molecule has 0 aromatic rings. The zero-order valence-corrected chi connectivity index (χ0v) is 11.0. The first-order valence-corrected chi connectivity index (χ1v) is 6.71. The summed E-state index contributed by atoms with van der Waals surface area (Å²) in [6.45, 7) is 5.94. The first kappa shape index (κ1) is 13.3. The Balaban J connectivity index is 1.76. The van der Waals surface area contributed by atoms with E-state index >= 15 is 0 Å². The Morgan fingerprint density at radius 1 is 1.29 bits per heavy atom. The van der Waals surface area contributed by atoms with Crippen molar-refractivity contribution in [2.75, 3.05) is 0 Å². The van der Waals surface area contributed by atoms with Gasteiger partial charge in [-0.05, 0) is 20.3 Å². The van der Waals surface area contributed by atoms with E-state index in [9.17, 15) is 5.11 Å². The van der Waals surface area contributed by atoms with Crippen LogP contribution in [0, 0.1) is 0 Å². The number of hydrogen-bond acceptors (Lipinski definition) is 4. The minimum absolute atomic E-state index is 0.0178. The van der Waals surface area contributed by atoms with Crippen molar-refractivity contribution in [3.05, 3.63) is 0 Å². The molecule has 0 aliphatic carbocycles. The largest absolute Gasteiger partial charge is 0.390 e. The van der Waals surface area contributed by atoms with E-state index in [4.69, 9.17) is 14.2 Å². The van der Waals surface area contributed by atoms with E-state index in [-0.39, 0.29) is 24.6 Å². The first-order valence-electron chi connectivity index (χ1n) is 6.71. The third-order valence-electron chi connectivity index (χ3n) is 3.44. The van der Waals surface area contributed by atoms with Gasteiger partial charge in [0.2, 0.25) is 0 Å². The zero-order valence-electron chi connectivity index (χ0n) is 11.0. The topological polar surface area (TPSA) is 47.9 Å². The molecule has 0 saturated carbocycles. The second-order valence-corrected chi connectivity index (χ2v) is 5.52. The molecular formula is C13H24O4. The predicted molar refractivity (Wildman–Crippen MR) is 63.5 cm³/mol. The van der Waals surface area contributed by atoms with Gasteiger partial charge in [-0.15, -0.1) is 0 Å². The minimum Gasteiger partial charge on any atom is -0.390 e. The Labute approximate surface area is 103 Å². The summed E-state index contributed by atoms with van der Waals surface area (Å²) in [4.78, 5) is 0. The number of ether oxygens (including phenoxy) is 3. The van der Waals surface area contributed by atoms with Gasteiger partial charge >= 0.3 is 0 Å². The van der Waals surface area contributed by atoms with Crippen LogP contribution in [0.25, 0.3) is 0 Å². The molecule has 1 N–H and O–H groups in total. The van der Waals surface area contributed by atoms with Gasteiger partial charge in [-0.1, -0.05) is 26.2 Å². The highest BCUT2D eigenvalue weighted by Crippen LogP contribution is 2.38. The lowest BCUT2D eigenvalue weighted by Crippen LogP contribution is -2.30. The fraction of sp³-hybridized carbons (Fsp3) is 1.00. The maximum atomic E-state index is 10.0. The van der Waals surface area contributed by atoms with E-state index in [1.165, 1.54) is 6.42 Å². The molecule has 4 heteroatoms. The fourth-order valence-electron chi connectivity index (χ4n) is 2.57. The quantitative estimate of drug-likeness (QED) is 0.753. The molecule has 0 unspecified atom stereocenters. The molecule has 2 heterocycles. The Bertz CT molecular complexity index is 238. The zero-order chi connectivity index (χ0) is 12.5. The minimum atomic E-state index is -0.548. The summed E-state index contributed by atoms with van der Waals surface area (Å²) in [5, 5.41) is 10.0. The van der Waals surface area contributed by atoms with Crippen molar-refractivity contribution in [3.8, 4) is 0 Å². The van der Waals surface area contributed by atoms with Gasteiger partial charge in [0.1, 0.15) is 6.10 Å². The van der Waals surface area contributed by atoms with Crippen LogP contribution in [0.5, 0.6) is 0 Å². The standard InChI is InChI=1S/C13H24O4/c1-4-5-6-7-9(14)10-8-11-12(15-10)17-13(2,3)16-11/h9-12,14H,4-8H2,1-3H3/t9-,10+,11+,12+/m0/s1. The summed E-state index contributed by atoms with van der Waals surface area (Å²) >= 11 is 0. The average molecular weight is 244 g/mol. The molecule has 0 amide bonds. The van der Waals surface area contributed by atoms with Crippen LogP contribution in [-0.2, 0) is 14.2 Å². The summed E-state index contributed by atoms with van der Waals surface area (Å²) < 4.78 is 17.1. The van der Waals surface area contributed by atoms with Crippen LogP contribution in [0.1, 0.15) is 52.9 Å². The first-order chi connectivity index (χ1) is 8.02. The lowest BCUT2D eigenvalue weighted by Gasteiger charge is -2.23. The molecule has 2 rings (SSSR count). The highest BCUT2D eigenvalue weighted by molar-refractivity contribution is 4.88. The predicted octanol–water partition coefficient (Wildman–Crippen LogP) is 2.19. The third-order valence-corrected chi connectivity index (χ3v) is 3.44. The molecule has 2 aliphatic heterocycles. The highest BCUT2D eigenvalue weighted by atomic mass is 16.8. The number of unbranched alkanes of at least 4 members (excludes halogenated alkanes) is 2. The summed E-state index contributed by atoms with van der Waals surface area (Å²) in [5.41, 5.74) is 0. The van der Waals surface area contributed by atoms with Gasteiger partial charge < -0.3 is 19.3 Å². The van der Waals surface area contributed by atoms with Crippen LogP contribution >= 0.6 is 0 Å². The second-order valence-electron chi connectivity index (χ2n) is 5.52. The summed E-state index contributed by atoms with van der Waals surface area (Å²) in [5.74, 6) is -0.548. The van der Waals surface area contributed by atoms with Gasteiger partial charge in [-0.25, -0.2) is 0 Å². The Morgan fingerprint density at radius 3 is 2.71 bits per heavy atom. The normalized spacial score (nSPS) is 37.1. The van der Waals surface area contributed by atoms with Crippen LogP contribution < -0.4 is 0 Å². The Hall–Kier alpha value is -0.160. The van der Waals surface area contributed by atoms with Crippen molar-refractivity contribution in [1.82, 2.24) is 0 Å². The molecule has 2 saturated heterocycles. The summed E-state index contributed by atoms with van der Waals surface area (Å²) in [6.07, 6.45) is 4.11.